The second kappa shape index (κ2) is 5.82. The minimum absolute atomic E-state index is 0.0378. The Kier molecular flexibility index (Phi) is 4.37. The Bertz CT molecular complexity index is 375. The fourth-order valence-electron chi connectivity index (χ4n) is 2.64. The summed E-state index contributed by atoms with van der Waals surface area (Å²) in [6.45, 7) is 6.28. The number of nitrogens with two attached hydrogens (primary N) is 1. The van der Waals surface area contributed by atoms with E-state index in [4.69, 9.17) is 5.73 Å². The summed E-state index contributed by atoms with van der Waals surface area (Å²) in [5, 5.41) is 4.32. The first kappa shape index (κ1) is 13.5. The predicted octanol–water partition coefficient (Wildman–Crippen LogP) is 0.539. The molecule has 0 aliphatic carbocycles. The summed E-state index contributed by atoms with van der Waals surface area (Å²) in [6, 6.07) is 0.405. The summed E-state index contributed by atoms with van der Waals surface area (Å²) in [5.74, 6) is 0. The first-order chi connectivity index (χ1) is 8.61. The molecular weight excluding hydrogens is 226 g/mol. The van der Waals surface area contributed by atoms with E-state index in [-0.39, 0.29) is 6.04 Å². The van der Waals surface area contributed by atoms with Gasteiger partial charge in [-0.15, -0.1) is 0 Å². The lowest BCUT2D eigenvalue weighted by atomic mass is 10.0. The van der Waals surface area contributed by atoms with Crippen molar-refractivity contribution in [2.45, 2.75) is 32.0 Å². The number of likely N-dealkylation sites (N-methyl/N-ethyl adjacent to an activating group) is 2. The van der Waals surface area contributed by atoms with E-state index in [9.17, 15) is 0 Å². The van der Waals surface area contributed by atoms with Crippen LogP contribution in [0.15, 0.2) is 12.4 Å². The van der Waals surface area contributed by atoms with E-state index in [1.54, 1.807) is 0 Å². The SMILES string of the molecule is CCn1cc(C(N)C2CN(C)CCCN2C)cn1. The van der Waals surface area contributed by atoms with Gasteiger partial charge in [-0.3, -0.25) is 4.68 Å². The van der Waals surface area contributed by atoms with Crippen molar-refractivity contribution < 1.29 is 0 Å². The summed E-state index contributed by atoms with van der Waals surface area (Å²) >= 11 is 0. The molecule has 1 fully saturated rings. The molecule has 2 rings (SSSR count). The number of aromatic nitrogens is 2. The first-order valence-electron chi connectivity index (χ1n) is 6.78. The molecule has 5 heteroatoms. The Balaban J connectivity index is 2.12. The molecule has 1 aromatic rings. The van der Waals surface area contributed by atoms with Gasteiger partial charge in [0.15, 0.2) is 0 Å². The molecule has 18 heavy (non-hydrogen) atoms. The van der Waals surface area contributed by atoms with Crippen molar-refractivity contribution >= 4 is 0 Å². The maximum absolute atomic E-state index is 6.44. The molecule has 2 unspecified atom stereocenters. The summed E-state index contributed by atoms with van der Waals surface area (Å²) in [6.07, 6.45) is 5.20. The molecule has 5 nitrogen and oxygen atoms in total. The van der Waals surface area contributed by atoms with Gasteiger partial charge in [0.1, 0.15) is 0 Å². The molecule has 2 atom stereocenters. The van der Waals surface area contributed by atoms with Crippen LogP contribution in [0, 0.1) is 0 Å². The van der Waals surface area contributed by atoms with Gasteiger partial charge in [0.05, 0.1) is 6.20 Å². The van der Waals surface area contributed by atoms with Gasteiger partial charge in [-0.1, -0.05) is 0 Å². The lowest BCUT2D eigenvalue weighted by molar-refractivity contribution is 0.196. The van der Waals surface area contributed by atoms with Crippen molar-refractivity contribution in [2.75, 3.05) is 33.7 Å². The molecule has 2 heterocycles. The molecule has 1 aliphatic heterocycles. The van der Waals surface area contributed by atoms with E-state index in [0.717, 1.165) is 31.7 Å². The number of aryl methyl sites for hydroxylation is 1. The molecule has 102 valence electrons. The molecule has 0 radical (unpaired) electrons. The Morgan fingerprint density at radius 3 is 2.89 bits per heavy atom. The zero-order valence-corrected chi connectivity index (χ0v) is 11.7. The molecule has 2 N–H and O–H groups in total. The fourth-order valence-corrected chi connectivity index (χ4v) is 2.64. The third-order valence-corrected chi connectivity index (χ3v) is 3.89. The third-order valence-electron chi connectivity index (χ3n) is 3.89. The minimum atomic E-state index is 0.0378. The monoisotopic (exact) mass is 251 g/mol. The summed E-state index contributed by atoms with van der Waals surface area (Å²) in [4.78, 5) is 4.76. The smallest absolute Gasteiger partial charge is 0.0538 e. The molecule has 0 saturated carbocycles. The highest BCUT2D eigenvalue weighted by molar-refractivity contribution is 5.13. The Morgan fingerprint density at radius 1 is 1.44 bits per heavy atom. The topological polar surface area (TPSA) is 50.3 Å². The zero-order valence-electron chi connectivity index (χ0n) is 11.7. The van der Waals surface area contributed by atoms with Crippen molar-refractivity contribution in [3.05, 3.63) is 18.0 Å². The van der Waals surface area contributed by atoms with Gasteiger partial charge in [-0.25, -0.2) is 0 Å². The van der Waals surface area contributed by atoms with E-state index in [2.05, 4.69) is 42.1 Å². The fraction of sp³-hybridized carbons (Fsp3) is 0.769. The van der Waals surface area contributed by atoms with Crippen LogP contribution in [0.3, 0.4) is 0 Å². The summed E-state index contributed by atoms with van der Waals surface area (Å²) in [5.41, 5.74) is 7.58. The Hall–Kier alpha value is -0.910. The average Bonchev–Trinajstić information content (AvgIpc) is 2.77. The standard InChI is InChI=1S/C13H25N5/c1-4-18-9-11(8-15-18)13(14)12-10-16(2)6-5-7-17(12)3/h8-9,12-13H,4-7,10,14H2,1-3H3. The lowest BCUT2D eigenvalue weighted by Crippen LogP contribution is -2.45. The molecular formula is C13H25N5. The van der Waals surface area contributed by atoms with Crippen molar-refractivity contribution in [3.8, 4) is 0 Å². The third kappa shape index (κ3) is 2.91. The predicted molar refractivity (Wildman–Crippen MR) is 73.4 cm³/mol. The lowest BCUT2D eigenvalue weighted by Gasteiger charge is -2.31. The highest BCUT2D eigenvalue weighted by atomic mass is 15.3. The van der Waals surface area contributed by atoms with Crippen LogP contribution in [0.1, 0.15) is 24.9 Å². The van der Waals surface area contributed by atoms with Gasteiger partial charge >= 0.3 is 0 Å². The molecule has 1 saturated heterocycles. The minimum Gasteiger partial charge on any atom is -0.323 e. The van der Waals surface area contributed by atoms with E-state index in [1.807, 2.05) is 10.9 Å². The van der Waals surface area contributed by atoms with E-state index in [0.29, 0.717) is 6.04 Å². The van der Waals surface area contributed by atoms with Gasteiger partial charge in [0, 0.05) is 36.9 Å². The maximum atomic E-state index is 6.44. The van der Waals surface area contributed by atoms with Crippen LogP contribution in [0.5, 0.6) is 0 Å². The van der Waals surface area contributed by atoms with Crippen LogP contribution in [0.2, 0.25) is 0 Å². The van der Waals surface area contributed by atoms with Crippen LogP contribution in [0.4, 0.5) is 0 Å². The second-order valence-corrected chi connectivity index (χ2v) is 5.32. The van der Waals surface area contributed by atoms with Crippen molar-refractivity contribution in [1.82, 2.24) is 19.6 Å². The molecule has 0 bridgehead atoms. The van der Waals surface area contributed by atoms with Gasteiger partial charge in [0.25, 0.3) is 0 Å². The molecule has 0 amide bonds. The van der Waals surface area contributed by atoms with Crippen molar-refractivity contribution in [3.63, 3.8) is 0 Å². The maximum Gasteiger partial charge on any atom is 0.0538 e. The first-order valence-corrected chi connectivity index (χ1v) is 6.78. The molecule has 0 spiro atoms. The van der Waals surface area contributed by atoms with Crippen LogP contribution in [-0.2, 0) is 6.54 Å². The molecule has 1 aromatic heterocycles. The highest BCUT2D eigenvalue weighted by Crippen LogP contribution is 2.20. The van der Waals surface area contributed by atoms with Gasteiger partial charge in [-0.2, -0.15) is 5.10 Å². The summed E-state index contributed by atoms with van der Waals surface area (Å²) in [7, 11) is 4.35. The second-order valence-electron chi connectivity index (χ2n) is 5.32. The van der Waals surface area contributed by atoms with E-state index < -0.39 is 0 Å². The van der Waals surface area contributed by atoms with Gasteiger partial charge < -0.3 is 15.5 Å². The zero-order chi connectivity index (χ0) is 13.1. The van der Waals surface area contributed by atoms with Crippen LogP contribution in [0.25, 0.3) is 0 Å². The average molecular weight is 251 g/mol. The Labute approximate surface area is 110 Å². The van der Waals surface area contributed by atoms with Gasteiger partial charge in [-0.05, 0) is 40.5 Å². The number of hydrogen-bond donors (Lipinski definition) is 1. The normalized spacial score (nSPS) is 25.0. The number of hydrogen-bond acceptors (Lipinski definition) is 4. The number of nitrogens with zero attached hydrogens (tertiary/aromatic N) is 4. The number of rotatable bonds is 3. The van der Waals surface area contributed by atoms with Crippen LogP contribution < -0.4 is 5.73 Å². The van der Waals surface area contributed by atoms with Gasteiger partial charge in [0.2, 0.25) is 0 Å². The summed E-state index contributed by atoms with van der Waals surface area (Å²) < 4.78 is 1.94. The van der Waals surface area contributed by atoms with E-state index in [1.165, 1.54) is 6.42 Å². The molecule has 1 aliphatic rings. The highest BCUT2D eigenvalue weighted by Gasteiger charge is 2.27. The Morgan fingerprint density at radius 2 is 2.22 bits per heavy atom. The van der Waals surface area contributed by atoms with Crippen molar-refractivity contribution in [2.24, 2.45) is 5.73 Å². The van der Waals surface area contributed by atoms with E-state index >= 15 is 0 Å². The van der Waals surface area contributed by atoms with Crippen LogP contribution in [-0.4, -0.2) is 59.4 Å². The van der Waals surface area contributed by atoms with Crippen molar-refractivity contribution in [1.29, 1.82) is 0 Å². The van der Waals surface area contributed by atoms with Crippen LogP contribution >= 0.6 is 0 Å². The largest absolute Gasteiger partial charge is 0.323 e. The molecule has 0 aromatic carbocycles. The quantitative estimate of drug-likeness (QED) is 0.852.